The molecule has 4 amide bonds. The molecule has 1 aliphatic carbocycles. The minimum absolute atomic E-state index is 0.00849. The Labute approximate surface area is 206 Å². The number of nitrogens with one attached hydrogen (secondary N) is 1. The molecule has 184 valence electrons. The van der Waals surface area contributed by atoms with Gasteiger partial charge in [0.2, 0.25) is 23.6 Å². The lowest BCUT2D eigenvalue weighted by Gasteiger charge is -2.32. The number of imide groups is 1. The topological polar surface area (TPSA) is 86.8 Å². The normalized spacial score (nSPS) is 21.2. The summed E-state index contributed by atoms with van der Waals surface area (Å²) in [5, 5.41) is 3.56. The highest BCUT2D eigenvalue weighted by Gasteiger charge is 2.47. The minimum atomic E-state index is -0.658. The molecular weight excluding hydrogens is 454 g/mol. The second kappa shape index (κ2) is 11.6. The monoisotopic (exact) mass is 487 g/mol. The van der Waals surface area contributed by atoms with Gasteiger partial charge in [-0.25, -0.2) is 0 Å². The molecule has 0 aromatic heterocycles. The van der Waals surface area contributed by atoms with Gasteiger partial charge in [-0.1, -0.05) is 49.7 Å². The smallest absolute Gasteiger partial charge is 0.243 e. The van der Waals surface area contributed by atoms with Crippen molar-refractivity contribution < 1.29 is 19.2 Å². The fraction of sp³-hybridized carbons (Fsp3) is 0.538. The quantitative estimate of drug-likeness (QED) is 0.402. The van der Waals surface area contributed by atoms with Crippen molar-refractivity contribution >= 4 is 35.2 Å². The molecule has 0 unspecified atom stereocenters. The summed E-state index contributed by atoms with van der Waals surface area (Å²) >= 11 is 6.01. The molecule has 2 aliphatic rings. The van der Waals surface area contributed by atoms with E-state index in [1.54, 1.807) is 17.0 Å². The van der Waals surface area contributed by atoms with Crippen LogP contribution in [0.4, 0.5) is 0 Å². The summed E-state index contributed by atoms with van der Waals surface area (Å²) in [6, 6.07) is 6.48. The molecule has 4 atom stereocenters. The van der Waals surface area contributed by atoms with Gasteiger partial charge in [-0.2, -0.15) is 0 Å². The van der Waals surface area contributed by atoms with Crippen LogP contribution in [0.1, 0.15) is 58.4 Å². The van der Waals surface area contributed by atoms with Crippen LogP contribution in [-0.2, 0) is 25.7 Å². The summed E-state index contributed by atoms with van der Waals surface area (Å²) in [6.45, 7) is 6.05. The Morgan fingerprint density at radius 3 is 2.18 bits per heavy atom. The maximum absolute atomic E-state index is 13.4. The molecular formula is C26H34ClN3O4. The van der Waals surface area contributed by atoms with Crippen LogP contribution in [-0.4, -0.2) is 52.1 Å². The Morgan fingerprint density at radius 1 is 1.06 bits per heavy atom. The average Bonchev–Trinajstić information content (AvgIpc) is 3.08. The van der Waals surface area contributed by atoms with Crippen LogP contribution in [0.5, 0.6) is 0 Å². The molecule has 8 heteroatoms. The summed E-state index contributed by atoms with van der Waals surface area (Å²) < 4.78 is 0. The van der Waals surface area contributed by atoms with Gasteiger partial charge in [-0.05, 0) is 50.3 Å². The predicted octanol–water partition coefficient (Wildman–Crippen LogP) is 3.70. The molecule has 7 nitrogen and oxygen atoms in total. The number of fused-ring (bicyclic) bond motifs is 1. The predicted molar refractivity (Wildman–Crippen MR) is 131 cm³/mol. The lowest BCUT2D eigenvalue weighted by Crippen LogP contribution is -2.51. The van der Waals surface area contributed by atoms with E-state index < -0.39 is 6.04 Å². The van der Waals surface area contributed by atoms with Gasteiger partial charge in [0.05, 0.1) is 11.8 Å². The van der Waals surface area contributed by atoms with Crippen molar-refractivity contribution in [1.82, 2.24) is 15.1 Å². The maximum Gasteiger partial charge on any atom is 0.243 e. The van der Waals surface area contributed by atoms with Crippen LogP contribution in [0.15, 0.2) is 36.4 Å². The number of halogens is 1. The number of benzene rings is 1. The standard InChI is InChI=1S/C26H34ClN3O4/c1-4-17(3)28-24(32)22(5-2)30(16-18-10-12-19(27)13-11-18)23(31)14-15-29-25(33)20-8-6-7-9-21(20)26(29)34/h6-7,10-13,17,20-22H,4-5,8-9,14-16H2,1-3H3,(H,28,32)/t17-,20-,21+,22-/m1/s1. The molecule has 3 rings (SSSR count). The van der Waals surface area contributed by atoms with Crippen molar-refractivity contribution in [3.63, 3.8) is 0 Å². The lowest BCUT2D eigenvalue weighted by molar-refractivity contribution is -0.144. The number of rotatable bonds is 10. The van der Waals surface area contributed by atoms with Crippen LogP contribution in [0, 0.1) is 11.8 Å². The maximum atomic E-state index is 13.4. The van der Waals surface area contributed by atoms with Gasteiger partial charge in [0.15, 0.2) is 0 Å². The Kier molecular flexibility index (Phi) is 8.89. The highest BCUT2D eigenvalue weighted by molar-refractivity contribution is 6.30. The third kappa shape index (κ3) is 5.87. The molecule has 0 radical (unpaired) electrons. The van der Waals surface area contributed by atoms with Gasteiger partial charge in [0.1, 0.15) is 6.04 Å². The molecule has 0 spiro atoms. The van der Waals surface area contributed by atoms with Crippen molar-refractivity contribution in [3.8, 4) is 0 Å². The van der Waals surface area contributed by atoms with E-state index in [1.165, 1.54) is 4.90 Å². The van der Waals surface area contributed by atoms with Crippen molar-refractivity contribution in [2.24, 2.45) is 11.8 Å². The van der Waals surface area contributed by atoms with E-state index in [-0.39, 0.29) is 61.0 Å². The number of carbonyl (C=O) groups is 4. The largest absolute Gasteiger partial charge is 0.352 e. The fourth-order valence-corrected chi connectivity index (χ4v) is 4.71. The van der Waals surface area contributed by atoms with Crippen molar-refractivity contribution in [2.75, 3.05) is 6.54 Å². The Bertz CT molecular complexity index is 920. The Balaban J connectivity index is 1.75. The van der Waals surface area contributed by atoms with Crippen LogP contribution >= 0.6 is 11.6 Å². The molecule has 1 fully saturated rings. The van der Waals surface area contributed by atoms with E-state index >= 15 is 0 Å². The number of hydrogen-bond acceptors (Lipinski definition) is 4. The van der Waals surface area contributed by atoms with Crippen molar-refractivity contribution in [1.29, 1.82) is 0 Å². The van der Waals surface area contributed by atoms with Crippen molar-refractivity contribution in [2.45, 2.75) is 71.5 Å². The summed E-state index contributed by atoms with van der Waals surface area (Å²) in [5.74, 6) is -1.50. The van der Waals surface area contributed by atoms with E-state index in [1.807, 2.05) is 45.1 Å². The van der Waals surface area contributed by atoms with E-state index in [0.29, 0.717) is 24.3 Å². The second-order valence-electron chi connectivity index (χ2n) is 9.12. The molecule has 1 heterocycles. The van der Waals surface area contributed by atoms with E-state index in [4.69, 9.17) is 11.6 Å². The van der Waals surface area contributed by atoms with E-state index in [9.17, 15) is 19.2 Å². The highest BCUT2D eigenvalue weighted by Crippen LogP contribution is 2.35. The minimum Gasteiger partial charge on any atom is -0.352 e. The fourth-order valence-electron chi connectivity index (χ4n) is 4.59. The first-order chi connectivity index (χ1) is 16.3. The molecule has 1 aromatic rings. The van der Waals surface area contributed by atoms with Crippen molar-refractivity contribution in [3.05, 3.63) is 47.0 Å². The summed E-state index contributed by atoms with van der Waals surface area (Å²) in [7, 11) is 0. The van der Waals surface area contributed by atoms with Gasteiger partial charge < -0.3 is 10.2 Å². The number of amides is 4. The zero-order chi connectivity index (χ0) is 24.8. The molecule has 0 bridgehead atoms. The molecule has 1 saturated heterocycles. The molecule has 1 N–H and O–H groups in total. The van der Waals surface area contributed by atoms with E-state index in [0.717, 1.165) is 12.0 Å². The lowest BCUT2D eigenvalue weighted by atomic mass is 9.85. The Morgan fingerprint density at radius 2 is 1.65 bits per heavy atom. The Hall–Kier alpha value is -2.67. The first kappa shape index (κ1) is 25.9. The van der Waals surface area contributed by atoms with Gasteiger partial charge in [0, 0.05) is 30.6 Å². The van der Waals surface area contributed by atoms with Crippen LogP contribution in [0.2, 0.25) is 5.02 Å². The van der Waals surface area contributed by atoms with Crippen LogP contribution < -0.4 is 5.32 Å². The van der Waals surface area contributed by atoms with Gasteiger partial charge in [0.25, 0.3) is 0 Å². The molecule has 34 heavy (non-hydrogen) atoms. The SMILES string of the molecule is CC[C@@H](C)NC(=O)[C@@H](CC)N(Cc1ccc(Cl)cc1)C(=O)CCN1C(=O)[C@H]2CC=CC[C@H]2C1=O. The molecule has 0 saturated carbocycles. The number of hydrogen-bond donors (Lipinski definition) is 1. The number of allylic oxidation sites excluding steroid dienone is 2. The van der Waals surface area contributed by atoms with Crippen LogP contribution in [0.3, 0.4) is 0 Å². The number of likely N-dealkylation sites (tertiary alicyclic amines) is 1. The van der Waals surface area contributed by atoms with Crippen LogP contribution in [0.25, 0.3) is 0 Å². The van der Waals surface area contributed by atoms with E-state index in [2.05, 4.69) is 5.32 Å². The average molecular weight is 488 g/mol. The molecule has 1 aliphatic heterocycles. The first-order valence-corrected chi connectivity index (χ1v) is 12.5. The highest BCUT2D eigenvalue weighted by atomic mass is 35.5. The summed E-state index contributed by atoms with van der Waals surface area (Å²) in [6.07, 6.45) is 6.22. The van der Waals surface area contributed by atoms with Gasteiger partial charge >= 0.3 is 0 Å². The molecule has 1 aromatic carbocycles. The third-order valence-corrected chi connectivity index (χ3v) is 7.05. The zero-order valence-electron chi connectivity index (χ0n) is 20.1. The van der Waals surface area contributed by atoms with Gasteiger partial charge in [-0.3, -0.25) is 24.1 Å². The number of nitrogens with zero attached hydrogens (tertiary/aromatic N) is 2. The third-order valence-electron chi connectivity index (χ3n) is 6.80. The van der Waals surface area contributed by atoms with Gasteiger partial charge in [-0.15, -0.1) is 0 Å². The second-order valence-corrected chi connectivity index (χ2v) is 9.56. The summed E-state index contributed by atoms with van der Waals surface area (Å²) in [4.78, 5) is 54.8. The first-order valence-electron chi connectivity index (χ1n) is 12.1. The summed E-state index contributed by atoms with van der Waals surface area (Å²) in [5.41, 5.74) is 0.845. The number of carbonyl (C=O) groups excluding carboxylic acids is 4. The zero-order valence-corrected chi connectivity index (χ0v) is 20.9.